The number of nitriles is 1. The monoisotopic (exact) mass is 286 g/mol. The van der Waals surface area contributed by atoms with Crippen molar-refractivity contribution in [2.45, 2.75) is 6.92 Å². The molecule has 1 rings (SSSR count). The first kappa shape index (κ1) is 12.0. The van der Waals surface area contributed by atoms with E-state index in [4.69, 9.17) is 16.9 Å². The van der Waals surface area contributed by atoms with Gasteiger partial charge in [-0.15, -0.1) is 0 Å². The van der Waals surface area contributed by atoms with Crippen LogP contribution in [0.1, 0.15) is 15.9 Å². The molecule has 0 bridgehead atoms. The largest absolute Gasteiger partial charge is 0.339 e. The second-order valence-corrected chi connectivity index (χ2v) is 4.18. The van der Waals surface area contributed by atoms with Gasteiger partial charge in [-0.05, 0) is 40.5 Å². The summed E-state index contributed by atoms with van der Waals surface area (Å²) in [4.78, 5) is 11.5. The third kappa shape index (κ3) is 2.95. The van der Waals surface area contributed by atoms with Gasteiger partial charge in [-0.2, -0.15) is 5.26 Å². The zero-order valence-corrected chi connectivity index (χ0v) is 10.3. The number of hydrogen-bond donors (Lipinski definition) is 1. The number of hydrogen-bond acceptors (Lipinski definition) is 2. The van der Waals surface area contributed by atoms with Crippen LogP contribution >= 0.6 is 27.5 Å². The molecule has 0 atom stereocenters. The second kappa shape index (κ2) is 5.15. The van der Waals surface area contributed by atoms with Gasteiger partial charge < -0.3 is 5.32 Å². The van der Waals surface area contributed by atoms with Crippen LogP contribution in [-0.2, 0) is 0 Å². The van der Waals surface area contributed by atoms with Crippen LogP contribution in [0.2, 0.25) is 5.02 Å². The molecule has 0 aliphatic heterocycles. The van der Waals surface area contributed by atoms with Gasteiger partial charge in [0, 0.05) is 9.50 Å². The van der Waals surface area contributed by atoms with Gasteiger partial charge in [-0.1, -0.05) is 11.6 Å². The minimum absolute atomic E-state index is 0.0171. The van der Waals surface area contributed by atoms with Gasteiger partial charge in [-0.3, -0.25) is 4.79 Å². The highest BCUT2D eigenvalue weighted by Gasteiger charge is 2.11. The van der Waals surface area contributed by atoms with Crippen molar-refractivity contribution in [3.8, 4) is 6.07 Å². The molecule has 5 heteroatoms. The number of halogens is 2. The highest BCUT2D eigenvalue weighted by Crippen LogP contribution is 2.24. The summed E-state index contributed by atoms with van der Waals surface area (Å²) in [6, 6.07) is 5.18. The van der Waals surface area contributed by atoms with Gasteiger partial charge in [-0.25, -0.2) is 0 Å². The van der Waals surface area contributed by atoms with Gasteiger partial charge >= 0.3 is 0 Å². The smallest absolute Gasteiger partial charge is 0.253 e. The number of carbonyl (C=O) groups excluding carboxylic acids is 1. The fourth-order valence-electron chi connectivity index (χ4n) is 1.04. The molecule has 78 valence electrons. The van der Waals surface area contributed by atoms with Crippen molar-refractivity contribution in [1.29, 1.82) is 5.26 Å². The summed E-state index contributed by atoms with van der Waals surface area (Å²) in [6.07, 6.45) is 0. The average Bonchev–Trinajstić information content (AvgIpc) is 2.20. The quantitative estimate of drug-likeness (QED) is 0.850. The van der Waals surface area contributed by atoms with Crippen LogP contribution in [0.25, 0.3) is 0 Å². The molecule has 3 nitrogen and oxygen atoms in total. The standard InChI is InChI=1S/C10H8BrClN2O/c1-6-4-8(11)7(5-9(6)12)10(15)14-3-2-13/h4-5H,3H2,1H3,(H,14,15). The lowest BCUT2D eigenvalue weighted by Crippen LogP contribution is -2.23. The van der Waals surface area contributed by atoms with Crippen LogP contribution in [-0.4, -0.2) is 12.5 Å². The highest BCUT2D eigenvalue weighted by atomic mass is 79.9. The van der Waals surface area contributed by atoms with Crippen LogP contribution in [0.15, 0.2) is 16.6 Å². The summed E-state index contributed by atoms with van der Waals surface area (Å²) in [7, 11) is 0. The molecule has 0 radical (unpaired) electrons. The lowest BCUT2D eigenvalue weighted by Gasteiger charge is -2.06. The summed E-state index contributed by atoms with van der Waals surface area (Å²) in [5.41, 5.74) is 1.32. The Bertz CT molecular complexity index is 440. The number of nitrogens with one attached hydrogen (secondary N) is 1. The number of aryl methyl sites for hydroxylation is 1. The summed E-state index contributed by atoms with van der Waals surface area (Å²) in [5, 5.41) is 11.3. The van der Waals surface area contributed by atoms with Crippen LogP contribution in [0, 0.1) is 18.3 Å². The first-order valence-electron chi connectivity index (χ1n) is 4.17. The van der Waals surface area contributed by atoms with E-state index in [1.807, 2.05) is 13.0 Å². The number of benzene rings is 1. The predicted octanol–water partition coefficient (Wildman–Crippen LogP) is 2.66. The molecule has 0 aromatic heterocycles. The second-order valence-electron chi connectivity index (χ2n) is 2.92. The van der Waals surface area contributed by atoms with Crippen LogP contribution in [0.5, 0.6) is 0 Å². The van der Waals surface area contributed by atoms with E-state index in [0.29, 0.717) is 15.1 Å². The van der Waals surface area contributed by atoms with Gasteiger partial charge in [0.15, 0.2) is 0 Å². The van der Waals surface area contributed by atoms with Crippen molar-refractivity contribution >= 4 is 33.4 Å². The molecule has 0 spiro atoms. The third-order valence-corrected chi connectivity index (χ3v) is 2.88. The molecular weight excluding hydrogens is 279 g/mol. The molecule has 0 aliphatic carbocycles. The Kier molecular flexibility index (Phi) is 4.13. The minimum atomic E-state index is -0.315. The molecule has 1 aromatic rings. The van der Waals surface area contributed by atoms with E-state index in [-0.39, 0.29) is 12.5 Å². The van der Waals surface area contributed by atoms with Gasteiger partial charge in [0.2, 0.25) is 0 Å². The Morgan fingerprint density at radius 3 is 2.93 bits per heavy atom. The number of amides is 1. The van der Waals surface area contributed by atoms with E-state index in [1.165, 1.54) is 0 Å². The first-order chi connectivity index (χ1) is 7.06. The summed E-state index contributed by atoms with van der Waals surface area (Å²) < 4.78 is 0.667. The van der Waals surface area contributed by atoms with E-state index in [2.05, 4.69) is 21.2 Å². The molecule has 0 saturated heterocycles. The fourth-order valence-corrected chi connectivity index (χ4v) is 1.84. The zero-order chi connectivity index (χ0) is 11.4. The Balaban J connectivity index is 3.00. The van der Waals surface area contributed by atoms with Gasteiger partial charge in [0.1, 0.15) is 6.54 Å². The van der Waals surface area contributed by atoms with Crippen LogP contribution < -0.4 is 5.32 Å². The highest BCUT2D eigenvalue weighted by molar-refractivity contribution is 9.10. The Morgan fingerprint density at radius 1 is 1.67 bits per heavy atom. The maximum atomic E-state index is 11.5. The normalized spacial score (nSPS) is 9.47. The molecule has 15 heavy (non-hydrogen) atoms. The Morgan fingerprint density at radius 2 is 2.33 bits per heavy atom. The fraction of sp³-hybridized carbons (Fsp3) is 0.200. The third-order valence-electron chi connectivity index (χ3n) is 1.82. The van der Waals surface area contributed by atoms with Crippen LogP contribution in [0.4, 0.5) is 0 Å². The van der Waals surface area contributed by atoms with E-state index in [1.54, 1.807) is 12.1 Å². The Labute approximate surface area is 101 Å². The molecule has 0 saturated carbocycles. The minimum Gasteiger partial charge on any atom is -0.339 e. The van der Waals surface area contributed by atoms with Gasteiger partial charge in [0.05, 0.1) is 11.6 Å². The maximum absolute atomic E-state index is 11.5. The van der Waals surface area contributed by atoms with Crippen molar-refractivity contribution in [2.24, 2.45) is 0 Å². The molecule has 1 N–H and O–H groups in total. The molecule has 1 aromatic carbocycles. The average molecular weight is 288 g/mol. The van der Waals surface area contributed by atoms with E-state index in [9.17, 15) is 4.79 Å². The number of nitrogens with zero attached hydrogens (tertiary/aromatic N) is 1. The maximum Gasteiger partial charge on any atom is 0.253 e. The first-order valence-corrected chi connectivity index (χ1v) is 5.34. The lowest BCUT2D eigenvalue weighted by atomic mass is 10.1. The predicted molar refractivity (Wildman–Crippen MR) is 61.8 cm³/mol. The molecule has 1 amide bonds. The van der Waals surface area contributed by atoms with Gasteiger partial charge in [0.25, 0.3) is 5.91 Å². The molecule has 0 unspecified atom stereocenters. The van der Waals surface area contributed by atoms with E-state index in [0.717, 1.165) is 5.56 Å². The van der Waals surface area contributed by atoms with Crippen molar-refractivity contribution in [2.75, 3.05) is 6.54 Å². The summed E-state index contributed by atoms with van der Waals surface area (Å²) in [5.74, 6) is -0.315. The lowest BCUT2D eigenvalue weighted by molar-refractivity contribution is 0.0957. The van der Waals surface area contributed by atoms with E-state index >= 15 is 0 Å². The SMILES string of the molecule is Cc1cc(Br)c(C(=O)NCC#N)cc1Cl. The molecule has 0 fully saturated rings. The topological polar surface area (TPSA) is 52.9 Å². The summed E-state index contributed by atoms with van der Waals surface area (Å²) in [6.45, 7) is 1.83. The van der Waals surface area contributed by atoms with E-state index < -0.39 is 0 Å². The van der Waals surface area contributed by atoms with Crippen molar-refractivity contribution in [3.05, 3.63) is 32.8 Å². The van der Waals surface area contributed by atoms with Crippen molar-refractivity contribution < 1.29 is 4.79 Å². The van der Waals surface area contributed by atoms with Crippen LogP contribution in [0.3, 0.4) is 0 Å². The zero-order valence-electron chi connectivity index (χ0n) is 7.97. The van der Waals surface area contributed by atoms with Crippen molar-refractivity contribution in [1.82, 2.24) is 5.32 Å². The molecule has 0 aliphatic rings. The molecule has 0 heterocycles. The molecular formula is C10H8BrClN2O. The summed E-state index contributed by atoms with van der Waals surface area (Å²) >= 11 is 9.17. The number of carbonyl (C=O) groups is 1. The Hall–Kier alpha value is -1.05. The number of rotatable bonds is 2. The van der Waals surface area contributed by atoms with Crippen molar-refractivity contribution in [3.63, 3.8) is 0 Å².